The summed E-state index contributed by atoms with van der Waals surface area (Å²) in [6.45, 7) is 2.64. The van der Waals surface area contributed by atoms with Gasteiger partial charge in [-0.05, 0) is 30.7 Å². The summed E-state index contributed by atoms with van der Waals surface area (Å²) in [4.78, 5) is 22.3. The molecule has 0 aliphatic heterocycles. The van der Waals surface area contributed by atoms with E-state index in [0.29, 0.717) is 0 Å². The maximum absolute atomic E-state index is 11.9. The lowest BCUT2D eigenvalue weighted by atomic mass is 10.2. The van der Waals surface area contributed by atoms with Gasteiger partial charge in [-0.1, -0.05) is 18.2 Å². The van der Waals surface area contributed by atoms with Crippen molar-refractivity contribution in [2.75, 3.05) is 31.3 Å². The number of carbonyl (C=O) groups is 1. The van der Waals surface area contributed by atoms with Gasteiger partial charge in [0.2, 0.25) is 5.91 Å². The maximum atomic E-state index is 11.9. The van der Waals surface area contributed by atoms with Gasteiger partial charge in [-0.3, -0.25) is 14.9 Å². The lowest BCUT2D eigenvalue weighted by Crippen LogP contribution is -2.29. The van der Waals surface area contributed by atoms with Crippen LogP contribution in [0.25, 0.3) is 0 Å². The van der Waals surface area contributed by atoms with Crippen LogP contribution in [-0.2, 0) is 14.6 Å². The van der Waals surface area contributed by atoms with Gasteiger partial charge >= 0.3 is 0 Å². The van der Waals surface area contributed by atoms with Crippen LogP contribution in [0.3, 0.4) is 0 Å². The van der Waals surface area contributed by atoms with Crippen molar-refractivity contribution in [3.8, 4) is 5.75 Å². The van der Waals surface area contributed by atoms with Crippen LogP contribution in [-0.4, -0.2) is 45.2 Å². The summed E-state index contributed by atoms with van der Waals surface area (Å²) in [5, 5.41) is 16.7. The molecular formula is C19H23N3O6S. The SMILES string of the molecule is Cc1ccccc1OCCC(=O)NCCNc1ccc(S(C)(=O)=O)cc1[N+](=O)[O-]. The fourth-order valence-electron chi connectivity index (χ4n) is 2.50. The zero-order chi connectivity index (χ0) is 21.4. The second kappa shape index (κ2) is 9.87. The first kappa shape index (κ1) is 22.2. The van der Waals surface area contributed by atoms with E-state index in [9.17, 15) is 23.3 Å². The third kappa shape index (κ3) is 6.75. The van der Waals surface area contributed by atoms with Crippen LogP contribution in [0.1, 0.15) is 12.0 Å². The van der Waals surface area contributed by atoms with Crippen LogP contribution >= 0.6 is 0 Å². The van der Waals surface area contributed by atoms with E-state index in [0.717, 1.165) is 23.6 Å². The highest BCUT2D eigenvalue weighted by atomic mass is 32.2. The number of ether oxygens (including phenoxy) is 1. The Morgan fingerprint density at radius 1 is 1.17 bits per heavy atom. The molecule has 0 aliphatic carbocycles. The molecule has 1 amide bonds. The van der Waals surface area contributed by atoms with Gasteiger partial charge in [0.15, 0.2) is 9.84 Å². The number of hydrogen-bond donors (Lipinski definition) is 2. The predicted molar refractivity (Wildman–Crippen MR) is 109 cm³/mol. The van der Waals surface area contributed by atoms with Crippen molar-refractivity contribution in [3.63, 3.8) is 0 Å². The van der Waals surface area contributed by atoms with Gasteiger partial charge in [0.05, 0.1) is 22.8 Å². The van der Waals surface area contributed by atoms with E-state index in [1.807, 2.05) is 31.2 Å². The average Bonchev–Trinajstić information content (AvgIpc) is 2.66. The third-order valence-electron chi connectivity index (χ3n) is 4.04. The summed E-state index contributed by atoms with van der Waals surface area (Å²) in [7, 11) is -3.54. The molecule has 2 rings (SSSR count). The molecule has 0 bridgehead atoms. The van der Waals surface area contributed by atoms with Gasteiger partial charge in [-0.15, -0.1) is 0 Å². The second-order valence-electron chi connectivity index (χ2n) is 6.35. The Balaban J connectivity index is 1.79. The lowest BCUT2D eigenvalue weighted by molar-refractivity contribution is -0.384. The molecule has 0 heterocycles. The van der Waals surface area contributed by atoms with Gasteiger partial charge < -0.3 is 15.4 Å². The Hall–Kier alpha value is -3.14. The van der Waals surface area contributed by atoms with Gasteiger partial charge in [-0.2, -0.15) is 0 Å². The van der Waals surface area contributed by atoms with Crippen molar-refractivity contribution in [3.05, 3.63) is 58.1 Å². The van der Waals surface area contributed by atoms with Gasteiger partial charge in [0, 0.05) is 25.4 Å². The van der Waals surface area contributed by atoms with Crippen LogP contribution in [0.15, 0.2) is 47.4 Å². The Morgan fingerprint density at radius 3 is 2.55 bits per heavy atom. The van der Waals surface area contributed by atoms with Gasteiger partial charge in [0.25, 0.3) is 5.69 Å². The second-order valence-corrected chi connectivity index (χ2v) is 8.36. The predicted octanol–water partition coefficient (Wildman–Crippen LogP) is 2.30. The number of nitrogens with zero attached hydrogens (tertiary/aromatic N) is 1. The third-order valence-corrected chi connectivity index (χ3v) is 5.15. The van der Waals surface area contributed by atoms with E-state index >= 15 is 0 Å². The number of anilines is 1. The molecule has 0 aliphatic rings. The van der Waals surface area contributed by atoms with Crippen molar-refractivity contribution >= 4 is 27.1 Å². The zero-order valence-corrected chi connectivity index (χ0v) is 17.0. The lowest BCUT2D eigenvalue weighted by Gasteiger charge is -2.10. The summed E-state index contributed by atoms with van der Waals surface area (Å²) in [5.74, 6) is 0.522. The number of aryl methyl sites for hydroxylation is 1. The topological polar surface area (TPSA) is 128 Å². The molecule has 29 heavy (non-hydrogen) atoms. The molecule has 10 heteroatoms. The number of carbonyl (C=O) groups excluding carboxylic acids is 1. The highest BCUT2D eigenvalue weighted by Gasteiger charge is 2.18. The summed E-state index contributed by atoms with van der Waals surface area (Å²) in [6, 6.07) is 11.2. The summed E-state index contributed by atoms with van der Waals surface area (Å²) >= 11 is 0. The molecule has 0 radical (unpaired) electrons. The molecule has 2 N–H and O–H groups in total. The van der Waals surface area contributed by atoms with E-state index in [4.69, 9.17) is 4.74 Å². The number of amides is 1. The van der Waals surface area contributed by atoms with E-state index in [2.05, 4.69) is 10.6 Å². The summed E-state index contributed by atoms with van der Waals surface area (Å²) in [5.41, 5.74) is 0.825. The molecule has 0 saturated heterocycles. The average molecular weight is 421 g/mol. The summed E-state index contributed by atoms with van der Waals surface area (Å²) in [6.07, 6.45) is 1.16. The maximum Gasteiger partial charge on any atom is 0.293 e. The number of hydrogen-bond acceptors (Lipinski definition) is 7. The van der Waals surface area contributed by atoms with Crippen LogP contribution in [0.2, 0.25) is 0 Å². The Bertz CT molecular complexity index is 991. The number of benzene rings is 2. The number of para-hydroxylation sites is 1. The molecule has 0 saturated carbocycles. The largest absolute Gasteiger partial charge is 0.493 e. The zero-order valence-electron chi connectivity index (χ0n) is 16.2. The molecule has 9 nitrogen and oxygen atoms in total. The Kier molecular flexibility index (Phi) is 7.54. The van der Waals surface area contributed by atoms with Crippen molar-refractivity contribution in [2.45, 2.75) is 18.2 Å². The van der Waals surface area contributed by atoms with Gasteiger partial charge in [0.1, 0.15) is 11.4 Å². The van der Waals surface area contributed by atoms with Crippen LogP contribution in [0, 0.1) is 17.0 Å². The first-order valence-electron chi connectivity index (χ1n) is 8.86. The van der Waals surface area contributed by atoms with Crippen LogP contribution in [0.4, 0.5) is 11.4 Å². The number of nitrogens with one attached hydrogen (secondary N) is 2. The number of rotatable bonds is 10. The summed E-state index contributed by atoms with van der Waals surface area (Å²) < 4.78 is 28.7. The smallest absolute Gasteiger partial charge is 0.293 e. The van der Waals surface area contributed by atoms with E-state index in [1.54, 1.807) is 0 Å². The van der Waals surface area contributed by atoms with Crippen LogP contribution < -0.4 is 15.4 Å². The highest BCUT2D eigenvalue weighted by molar-refractivity contribution is 7.90. The molecule has 2 aromatic rings. The van der Waals surface area contributed by atoms with Crippen molar-refractivity contribution in [1.82, 2.24) is 5.32 Å². The van der Waals surface area contributed by atoms with Crippen LogP contribution in [0.5, 0.6) is 5.75 Å². The first-order valence-corrected chi connectivity index (χ1v) is 10.7. The monoisotopic (exact) mass is 421 g/mol. The standard InChI is InChI=1S/C19H23N3O6S/c1-14-5-3-4-6-18(14)28-12-9-19(23)21-11-10-20-16-8-7-15(29(2,26)27)13-17(16)22(24)25/h3-8,13,20H,9-12H2,1-2H3,(H,21,23). The molecule has 0 aromatic heterocycles. The molecule has 0 fully saturated rings. The van der Waals surface area contributed by atoms with Gasteiger partial charge in [-0.25, -0.2) is 8.42 Å². The molecular weight excluding hydrogens is 398 g/mol. The molecule has 0 atom stereocenters. The quantitative estimate of drug-likeness (QED) is 0.342. The molecule has 0 unspecified atom stereocenters. The molecule has 156 valence electrons. The van der Waals surface area contributed by atoms with E-state index in [1.165, 1.54) is 12.1 Å². The Morgan fingerprint density at radius 2 is 1.90 bits per heavy atom. The first-order chi connectivity index (χ1) is 13.7. The molecule has 0 spiro atoms. The molecule has 2 aromatic carbocycles. The number of nitro groups is 1. The van der Waals surface area contributed by atoms with E-state index in [-0.39, 0.29) is 48.3 Å². The fraction of sp³-hybridized carbons (Fsp3) is 0.316. The minimum absolute atomic E-state index is 0.128. The van der Waals surface area contributed by atoms with Crippen molar-refractivity contribution in [1.29, 1.82) is 0 Å². The van der Waals surface area contributed by atoms with Crippen molar-refractivity contribution in [2.24, 2.45) is 0 Å². The normalized spacial score (nSPS) is 11.0. The Labute approximate surface area is 169 Å². The minimum atomic E-state index is -3.54. The number of sulfone groups is 1. The number of nitro benzene ring substituents is 1. The minimum Gasteiger partial charge on any atom is -0.493 e. The van der Waals surface area contributed by atoms with Crippen molar-refractivity contribution < 1.29 is 22.9 Å². The fourth-order valence-corrected chi connectivity index (χ4v) is 3.14. The highest BCUT2D eigenvalue weighted by Crippen LogP contribution is 2.27. The van der Waals surface area contributed by atoms with E-state index < -0.39 is 14.8 Å².